The second-order valence-corrected chi connectivity index (χ2v) is 8.27. The quantitative estimate of drug-likeness (QED) is 0.724. The van der Waals surface area contributed by atoms with E-state index in [1.807, 2.05) is 35.1 Å². The van der Waals surface area contributed by atoms with E-state index in [1.165, 1.54) is 0 Å². The summed E-state index contributed by atoms with van der Waals surface area (Å²) in [7, 11) is 3.50. The first kappa shape index (κ1) is 15.0. The van der Waals surface area contributed by atoms with Crippen molar-refractivity contribution >= 4 is 55.3 Å². The first-order valence-corrected chi connectivity index (χ1v) is 9.30. The lowest BCUT2D eigenvalue weighted by molar-refractivity contribution is 0.752. The van der Waals surface area contributed by atoms with Crippen LogP contribution in [0.3, 0.4) is 0 Å². The van der Waals surface area contributed by atoms with Gasteiger partial charge in [0.1, 0.15) is 0 Å². The molecule has 0 bridgehead atoms. The number of anilines is 2. The number of nitrogens with zero attached hydrogens (tertiary/aromatic N) is 2. The van der Waals surface area contributed by atoms with E-state index < -0.39 is 0 Å². The highest BCUT2D eigenvalue weighted by Crippen LogP contribution is 2.36. The summed E-state index contributed by atoms with van der Waals surface area (Å²) < 4.78 is 0.974. The molecule has 0 amide bonds. The van der Waals surface area contributed by atoms with Gasteiger partial charge in [-0.25, -0.2) is 0 Å². The highest BCUT2D eigenvalue weighted by atomic mass is 35.5. The molecule has 0 spiro atoms. The van der Waals surface area contributed by atoms with Crippen LogP contribution in [0.25, 0.3) is 0 Å². The minimum Gasteiger partial charge on any atom is -0.330 e. The number of aromatic nitrogens is 2. The zero-order valence-electron chi connectivity index (χ0n) is 10.6. The number of nitrogens with one attached hydrogen (secondary N) is 1. The Labute approximate surface area is 129 Å². The van der Waals surface area contributed by atoms with Gasteiger partial charge < -0.3 is 5.32 Å². The molecule has 0 aliphatic heterocycles. The molecule has 102 valence electrons. The molecule has 0 atom stereocenters. The zero-order chi connectivity index (χ0) is 13.7. The third kappa shape index (κ3) is 5.22. The molecule has 1 N–H and O–H groups in total. The Kier molecular flexibility index (Phi) is 5.81. The van der Waals surface area contributed by atoms with Gasteiger partial charge in [0.2, 0.25) is 5.13 Å². The van der Waals surface area contributed by atoms with Gasteiger partial charge in [0.15, 0.2) is 4.34 Å². The molecule has 1 aromatic carbocycles. The van der Waals surface area contributed by atoms with Crippen LogP contribution in [0.4, 0.5) is 10.8 Å². The van der Waals surface area contributed by atoms with E-state index in [1.54, 1.807) is 22.1 Å². The lowest BCUT2D eigenvalue weighted by Crippen LogP contribution is -1.88. The van der Waals surface area contributed by atoms with Crippen molar-refractivity contribution in [1.29, 1.82) is 0 Å². The van der Waals surface area contributed by atoms with E-state index in [9.17, 15) is 0 Å². The van der Waals surface area contributed by atoms with Gasteiger partial charge in [0, 0.05) is 16.5 Å². The van der Waals surface area contributed by atoms with Crippen molar-refractivity contribution in [3.63, 3.8) is 0 Å². The minimum atomic E-state index is 0.692. The van der Waals surface area contributed by atoms with Gasteiger partial charge in [-0.1, -0.05) is 47.6 Å². The lowest BCUT2D eigenvalue weighted by Gasteiger charge is -2.01. The number of benzene rings is 1. The van der Waals surface area contributed by atoms with E-state index in [0.29, 0.717) is 5.92 Å². The third-order valence-corrected chi connectivity index (χ3v) is 6.12. The summed E-state index contributed by atoms with van der Waals surface area (Å²) in [6, 6.07) is 7.53. The molecule has 7 heteroatoms. The van der Waals surface area contributed by atoms with Crippen LogP contribution in [0.15, 0.2) is 28.6 Å². The Hall–Kier alpha value is -0.430. The summed E-state index contributed by atoms with van der Waals surface area (Å²) >= 11 is 7.40. The predicted molar refractivity (Wildman–Crippen MR) is 87.8 cm³/mol. The molecular formula is C12H14ClN3S3. The second kappa shape index (κ2) is 7.38. The maximum absolute atomic E-state index is 5.84. The Bertz CT molecular complexity index is 513. The van der Waals surface area contributed by atoms with Gasteiger partial charge >= 0.3 is 0 Å². The molecule has 3 nitrogen and oxygen atoms in total. The molecule has 0 unspecified atom stereocenters. The maximum atomic E-state index is 5.84. The van der Waals surface area contributed by atoms with E-state index >= 15 is 0 Å². The van der Waals surface area contributed by atoms with E-state index in [4.69, 9.17) is 11.6 Å². The summed E-state index contributed by atoms with van der Waals surface area (Å²) in [6.07, 6.45) is 0. The highest BCUT2D eigenvalue weighted by Gasteiger charge is 2.06. The molecule has 19 heavy (non-hydrogen) atoms. The van der Waals surface area contributed by atoms with Crippen LogP contribution in [-0.4, -0.2) is 16.0 Å². The first-order chi connectivity index (χ1) is 9.13. The highest BCUT2D eigenvalue weighted by molar-refractivity contribution is 8.77. The van der Waals surface area contributed by atoms with Gasteiger partial charge in [0.05, 0.1) is 0 Å². The summed E-state index contributed by atoms with van der Waals surface area (Å²) in [6.45, 7) is 4.42. The van der Waals surface area contributed by atoms with Crippen molar-refractivity contribution in [3.05, 3.63) is 29.3 Å². The van der Waals surface area contributed by atoms with E-state index in [2.05, 4.69) is 29.4 Å². The number of halogens is 1. The molecule has 2 aromatic rings. The Morgan fingerprint density at radius 3 is 2.68 bits per heavy atom. The largest absolute Gasteiger partial charge is 0.330 e. The third-order valence-electron chi connectivity index (χ3n) is 2.03. The summed E-state index contributed by atoms with van der Waals surface area (Å²) in [5.74, 6) is 1.81. The Balaban J connectivity index is 1.88. The minimum absolute atomic E-state index is 0.692. The average Bonchev–Trinajstić information content (AvgIpc) is 2.79. The number of rotatable bonds is 6. The molecule has 0 aliphatic rings. The zero-order valence-corrected chi connectivity index (χ0v) is 13.8. The number of hydrogen-bond donors (Lipinski definition) is 1. The van der Waals surface area contributed by atoms with E-state index in [0.717, 1.165) is 25.9 Å². The first-order valence-electron chi connectivity index (χ1n) is 5.79. The fraction of sp³-hybridized carbons (Fsp3) is 0.333. The van der Waals surface area contributed by atoms with Crippen LogP contribution in [0.1, 0.15) is 13.8 Å². The molecule has 2 rings (SSSR count). The summed E-state index contributed by atoms with van der Waals surface area (Å²) in [5, 5.41) is 13.0. The van der Waals surface area contributed by atoms with Crippen molar-refractivity contribution < 1.29 is 0 Å². The fourth-order valence-corrected chi connectivity index (χ4v) is 4.85. The molecule has 0 saturated heterocycles. The molecule has 0 fully saturated rings. The van der Waals surface area contributed by atoms with Crippen molar-refractivity contribution in [1.82, 2.24) is 10.2 Å². The maximum Gasteiger partial charge on any atom is 0.210 e. The molecule has 1 aromatic heterocycles. The van der Waals surface area contributed by atoms with Gasteiger partial charge in [0.25, 0.3) is 0 Å². The van der Waals surface area contributed by atoms with Crippen LogP contribution in [0, 0.1) is 5.92 Å². The van der Waals surface area contributed by atoms with Crippen LogP contribution in [-0.2, 0) is 0 Å². The lowest BCUT2D eigenvalue weighted by atomic mass is 10.3. The Morgan fingerprint density at radius 1 is 1.26 bits per heavy atom. The van der Waals surface area contributed by atoms with Crippen molar-refractivity contribution in [2.75, 3.05) is 11.1 Å². The fourth-order valence-electron chi connectivity index (χ4n) is 1.17. The average molecular weight is 332 g/mol. The van der Waals surface area contributed by atoms with Gasteiger partial charge in [-0.2, -0.15) is 0 Å². The van der Waals surface area contributed by atoms with Crippen LogP contribution >= 0.6 is 44.5 Å². The molecule has 0 radical (unpaired) electrons. The topological polar surface area (TPSA) is 37.8 Å². The molecule has 0 aliphatic carbocycles. The normalized spacial score (nSPS) is 10.9. The van der Waals surface area contributed by atoms with Crippen molar-refractivity contribution in [3.8, 4) is 0 Å². The SMILES string of the molecule is CC(C)CSSc1nnc(Nc2ccc(Cl)cc2)s1. The molecule has 1 heterocycles. The van der Waals surface area contributed by atoms with Gasteiger partial charge in [-0.3, -0.25) is 0 Å². The van der Waals surface area contributed by atoms with Crippen molar-refractivity contribution in [2.24, 2.45) is 5.92 Å². The van der Waals surface area contributed by atoms with Crippen molar-refractivity contribution in [2.45, 2.75) is 18.2 Å². The predicted octanol–water partition coefficient (Wildman–Crippen LogP) is 5.33. The molecular weight excluding hydrogens is 318 g/mol. The van der Waals surface area contributed by atoms with Gasteiger partial charge in [-0.15, -0.1) is 10.2 Å². The number of hydrogen-bond acceptors (Lipinski definition) is 6. The summed E-state index contributed by atoms with van der Waals surface area (Å²) in [4.78, 5) is 0. The van der Waals surface area contributed by atoms with Crippen LogP contribution in [0.5, 0.6) is 0 Å². The second-order valence-electron chi connectivity index (χ2n) is 4.27. The van der Waals surface area contributed by atoms with Gasteiger partial charge in [-0.05, 0) is 41.0 Å². The molecule has 0 saturated carbocycles. The van der Waals surface area contributed by atoms with Crippen LogP contribution < -0.4 is 5.32 Å². The smallest absolute Gasteiger partial charge is 0.210 e. The summed E-state index contributed by atoms with van der Waals surface area (Å²) in [5.41, 5.74) is 0.965. The standard InChI is InChI=1S/C12H14ClN3S3/c1-8(2)7-17-19-12-16-15-11(18-12)14-10-5-3-9(13)4-6-10/h3-6,8H,7H2,1-2H3,(H,14,15). The van der Waals surface area contributed by atoms with E-state index in [-0.39, 0.29) is 0 Å². The Morgan fingerprint density at radius 2 is 2.00 bits per heavy atom. The monoisotopic (exact) mass is 331 g/mol. The van der Waals surface area contributed by atoms with Crippen LogP contribution in [0.2, 0.25) is 5.02 Å².